The molecule has 3 rings (SSSR count). The smallest absolute Gasteiger partial charge is 0.224 e. The summed E-state index contributed by atoms with van der Waals surface area (Å²) in [6.07, 6.45) is 2.47. The molecule has 0 aliphatic heterocycles. The summed E-state index contributed by atoms with van der Waals surface area (Å²) in [6, 6.07) is 15.8. The molecule has 0 aliphatic rings. The third-order valence-corrected chi connectivity index (χ3v) is 4.29. The summed E-state index contributed by atoms with van der Waals surface area (Å²) in [5.41, 5.74) is 3.46. The Balaban J connectivity index is 1.54. The molecular weight excluding hydrogens is 366 g/mol. The Morgan fingerprint density at radius 1 is 0.966 bits per heavy atom. The number of azo groups is 1. The summed E-state index contributed by atoms with van der Waals surface area (Å²) in [5, 5.41) is 11.7. The number of aryl methyl sites for hydroxylation is 1. The van der Waals surface area contributed by atoms with Crippen LogP contribution in [0.5, 0.6) is 11.5 Å². The van der Waals surface area contributed by atoms with E-state index in [0.717, 1.165) is 29.0 Å². The molecule has 0 bridgehead atoms. The molecule has 3 aromatic rings. The third-order valence-electron chi connectivity index (χ3n) is 4.29. The number of ether oxygens (including phenoxy) is 2. The second kappa shape index (κ2) is 10.2. The van der Waals surface area contributed by atoms with E-state index in [-0.39, 0.29) is 0 Å². The summed E-state index contributed by atoms with van der Waals surface area (Å²) in [7, 11) is 3.26. The van der Waals surface area contributed by atoms with Crippen LogP contribution in [0.2, 0.25) is 0 Å². The predicted molar refractivity (Wildman–Crippen MR) is 113 cm³/mol. The molecule has 150 valence electrons. The Morgan fingerprint density at radius 3 is 2.62 bits per heavy atom. The second-order valence-electron chi connectivity index (χ2n) is 6.49. The van der Waals surface area contributed by atoms with Gasteiger partial charge in [0.05, 0.1) is 20.8 Å². The van der Waals surface area contributed by atoms with Crippen molar-refractivity contribution >= 4 is 11.8 Å². The quantitative estimate of drug-likeness (QED) is 0.533. The van der Waals surface area contributed by atoms with Crippen molar-refractivity contribution in [1.29, 1.82) is 0 Å². The second-order valence-corrected chi connectivity index (χ2v) is 6.49. The largest absolute Gasteiger partial charge is 0.493 e. The lowest BCUT2D eigenvalue weighted by molar-refractivity contribution is 0.354. The molecule has 0 saturated heterocycles. The molecule has 29 heavy (non-hydrogen) atoms. The Morgan fingerprint density at radius 2 is 1.83 bits per heavy atom. The molecular formula is C22H25N5O2. The van der Waals surface area contributed by atoms with Gasteiger partial charge in [-0.1, -0.05) is 35.9 Å². The highest BCUT2D eigenvalue weighted by Gasteiger charge is 2.05. The monoisotopic (exact) mass is 391 g/mol. The fourth-order valence-electron chi connectivity index (χ4n) is 2.84. The SMILES string of the molecule is COc1ccc(CCNc2nccc(N=NCc3cccc(C)c3)n2)cc1OC. The molecule has 0 saturated carbocycles. The zero-order valence-corrected chi connectivity index (χ0v) is 16.9. The molecule has 0 atom stereocenters. The molecule has 1 heterocycles. The van der Waals surface area contributed by atoms with Crippen molar-refractivity contribution in [3.63, 3.8) is 0 Å². The van der Waals surface area contributed by atoms with Crippen molar-refractivity contribution in [2.45, 2.75) is 19.9 Å². The molecule has 7 heteroatoms. The average Bonchev–Trinajstić information content (AvgIpc) is 2.74. The lowest BCUT2D eigenvalue weighted by Crippen LogP contribution is -2.07. The van der Waals surface area contributed by atoms with Gasteiger partial charge in [0.25, 0.3) is 0 Å². The van der Waals surface area contributed by atoms with Gasteiger partial charge in [-0.15, -0.1) is 5.11 Å². The van der Waals surface area contributed by atoms with Gasteiger partial charge in [-0.25, -0.2) is 4.98 Å². The van der Waals surface area contributed by atoms with E-state index >= 15 is 0 Å². The van der Waals surface area contributed by atoms with Crippen LogP contribution in [0.1, 0.15) is 16.7 Å². The van der Waals surface area contributed by atoms with Gasteiger partial charge in [0.1, 0.15) is 0 Å². The summed E-state index contributed by atoms with van der Waals surface area (Å²) in [4.78, 5) is 8.63. The Bertz CT molecular complexity index is 975. The molecule has 1 aromatic heterocycles. The van der Waals surface area contributed by atoms with E-state index in [1.807, 2.05) is 30.3 Å². The van der Waals surface area contributed by atoms with Gasteiger partial charge in [-0.3, -0.25) is 0 Å². The summed E-state index contributed by atoms with van der Waals surface area (Å²) in [5.74, 6) is 2.49. The van der Waals surface area contributed by atoms with Gasteiger partial charge in [-0.2, -0.15) is 10.1 Å². The van der Waals surface area contributed by atoms with Gasteiger partial charge in [0, 0.05) is 18.8 Å². The first kappa shape index (κ1) is 20.3. The molecule has 0 unspecified atom stereocenters. The first-order valence-electron chi connectivity index (χ1n) is 9.39. The lowest BCUT2D eigenvalue weighted by Gasteiger charge is -2.10. The highest BCUT2D eigenvalue weighted by molar-refractivity contribution is 5.43. The maximum atomic E-state index is 5.34. The average molecular weight is 391 g/mol. The zero-order valence-electron chi connectivity index (χ0n) is 16.9. The number of nitrogens with zero attached hydrogens (tertiary/aromatic N) is 4. The van der Waals surface area contributed by atoms with Crippen molar-refractivity contribution in [2.24, 2.45) is 10.2 Å². The Hall–Kier alpha value is -3.48. The van der Waals surface area contributed by atoms with E-state index in [0.29, 0.717) is 24.9 Å². The van der Waals surface area contributed by atoms with Crippen LogP contribution >= 0.6 is 0 Å². The minimum Gasteiger partial charge on any atom is -0.493 e. The van der Waals surface area contributed by atoms with E-state index in [9.17, 15) is 0 Å². The molecule has 0 spiro atoms. The van der Waals surface area contributed by atoms with Gasteiger partial charge in [0.2, 0.25) is 5.95 Å². The van der Waals surface area contributed by atoms with Crippen LogP contribution in [0.15, 0.2) is 65.0 Å². The van der Waals surface area contributed by atoms with Crippen LogP contribution in [-0.4, -0.2) is 30.7 Å². The normalized spacial score (nSPS) is 10.9. The summed E-state index contributed by atoms with van der Waals surface area (Å²) < 4.78 is 10.6. The molecule has 2 aromatic carbocycles. The molecule has 0 radical (unpaired) electrons. The van der Waals surface area contributed by atoms with Crippen molar-refractivity contribution in [3.05, 3.63) is 71.4 Å². The van der Waals surface area contributed by atoms with E-state index in [4.69, 9.17) is 9.47 Å². The number of nitrogens with one attached hydrogen (secondary N) is 1. The number of hydrogen-bond donors (Lipinski definition) is 1. The first-order chi connectivity index (χ1) is 14.2. The van der Waals surface area contributed by atoms with Crippen LogP contribution in [-0.2, 0) is 13.0 Å². The maximum Gasteiger partial charge on any atom is 0.224 e. The number of anilines is 1. The minimum absolute atomic E-state index is 0.522. The first-order valence-corrected chi connectivity index (χ1v) is 9.39. The maximum absolute atomic E-state index is 5.34. The Kier molecular flexibility index (Phi) is 7.10. The Labute approximate surface area is 170 Å². The predicted octanol–water partition coefficient (Wildman–Crippen LogP) is 4.74. The summed E-state index contributed by atoms with van der Waals surface area (Å²) in [6.45, 7) is 3.26. The lowest BCUT2D eigenvalue weighted by atomic mass is 10.1. The van der Waals surface area contributed by atoms with Gasteiger partial charge < -0.3 is 14.8 Å². The third kappa shape index (κ3) is 6.00. The number of hydrogen-bond acceptors (Lipinski definition) is 7. The summed E-state index contributed by atoms with van der Waals surface area (Å²) >= 11 is 0. The number of methoxy groups -OCH3 is 2. The molecule has 0 amide bonds. The number of benzene rings is 2. The van der Waals surface area contributed by atoms with E-state index < -0.39 is 0 Å². The van der Waals surface area contributed by atoms with Crippen molar-refractivity contribution in [1.82, 2.24) is 9.97 Å². The fourth-order valence-corrected chi connectivity index (χ4v) is 2.84. The minimum atomic E-state index is 0.522. The molecule has 1 N–H and O–H groups in total. The fraction of sp³-hybridized carbons (Fsp3) is 0.273. The highest BCUT2D eigenvalue weighted by atomic mass is 16.5. The van der Waals surface area contributed by atoms with Crippen LogP contribution < -0.4 is 14.8 Å². The van der Waals surface area contributed by atoms with Crippen LogP contribution in [0.4, 0.5) is 11.8 Å². The van der Waals surface area contributed by atoms with Crippen LogP contribution in [0.25, 0.3) is 0 Å². The van der Waals surface area contributed by atoms with Crippen molar-refractivity contribution in [3.8, 4) is 11.5 Å². The number of rotatable bonds is 9. The standard InChI is InChI=1S/C22H25N5O2/c1-16-5-4-6-18(13-16)15-25-27-21-10-12-24-22(26-21)23-11-9-17-7-8-19(28-2)20(14-17)29-3/h4-8,10,12-14H,9,11,15H2,1-3H3,(H,23,24,26). The zero-order chi connectivity index (χ0) is 20.5. The van der Waals surface area contributed by atoms with Gasteiger partial charge in [-0.05, 0) is 36.6 Å². The van der Waals surface area contributed by atoms with E-state index in [2.05, 4.69) is 44.6 Å². The van der Waals surface area contributed by atoms with E-state index in [1.54, 1.807) is 26.5 Å². The molecule has 0 fully saturated rings. The highest BCUT2D eigenvalue weighted by Crippen LogP contribution is 2.27. The molecule has 0 aliphatic carbocycles. The van der Waals surface area contributed by atoms with Crippen molar-refractivity contribution < 1.29 is 9.47 Å². The van der Waals surface area contributed by atoms with Crippen LogP contribution in [0, 0.1) is 6.92 Å². The van der Waals surface area contributed by atoms with E-state index in [1.165, 1.54) is 5.56 Å². The van der Waals surface area contributed by atoms with Gasteiger partial charge >= 0.3 is 0 Å². The van der Waals surface area contributed by atoms with Crippen LogP contribution in [0.3, 0.4) is 0 Å². The van der Waals surface area contributed by atoms with Crippen molar-refractivity contribution in [2.75, 3.05) is 26.1 Å². The van der Waals surface area contributed by atoms with Gasteiger partial charge in [0.15, 0.2) is 17.3 Å². The molecule has 7 nitrogen and oxygen atoms in total. The number of aromatic nitrogens is 2. The topological polar surface area (TPSA) is 81.0 Å².